The molecule has 0 radical (unpaired) electrons. The Morgan fingerprint density at radius 3 is 2.23 bits per heavy atom. The van der Waals surface area contributed by atoms with Crippen molar-refractivity contribution < 1.29 is 9.47 Å². The number of rotatable bonds is 7. The average molecular weight is 678 g/mol. The molecule has 52 heavy (non-hydrogen) atoms. The summed E-state index contributed by atoms with van der Waals surface area (Å²) in [5, 5.41) is 8.61. The van der Waals surface area contributed by atoms with E-state index < -0.39 is 0 Å². The van der Waals surface area contributed by atoms with Gasteiger partial charge in [-0.05, 0) is 65.0 Å². The Morgan fingerprint density at radius 1 is 0.731 bits per heavy atom. The van der Waals surface area contributed by atoms with Crippen molar-refractivity contribution in [3.8, 4) is 34.1 Å². The number of nitrogens with zero attached hydrogens (tertiary/aromatic N) is 2. The summed E-state index contributed by atoms with van der Waals surface area (Å²) in [6, 6.07) is 37.0. The molecule has 0 amide bonds. The maximum atomic E-state index is 8.61. The third-order valence-electron chi connectivity index (χ3n) is 10.2. The topological polar surface area (TPSA) is 67.0 Å². The lowest BCUT2D eigenvalue weighted by Crippen LogP contribution is -2.15. The summed E-state index contributed by atoms with van der Waals surface area (Å²) in [6.45, 7) is 8.29. The predicted octanol–water partition coefficient (Wildman–Crippen LogP) is 11.7. The van der Waals surface area contributed by atoms with Gasteiger partial charge in [0.1, 0.15) is 0 Å². The molecule has 5 aromatic carbocycles. The van der Waals surface area contributed by atoms with Gasteiger partial charge in [0, 0.05) is 40.3 Å². The predicted molar refractivity (Wildman–Crippen MR) is 214 cm³/mol. The Balaban J connectivity index is 1.17. The molecule has 0 saturated heterocycles. The molecule has 1 heterocycles. The van der Waals surface area contributed by atoms with E-state index in [4.69, 9.17) is 19.9 Å². The largest absolute Gasteiger partial charge is 0.449 e. The molecule has 0 spiro atoms. The van der Waals surface area contributed by atoms with Crippen LogP contribution in [0.1, 0.15) is 60.1 Å². The van der Waals surface area contributed by atoms with E-state index in [9.17, 15) is 0 Å². The minimum Gasteiger partial charge on any atom is -0.449 e. The van der Waals surface area contributed by atoms with Gasteiger partial charge in [0.15, 0.2) is 28.8 Å². The van der Waals surface area contributed by atoms with Crippen LogP contribution in [0.15, 0.2) is 162 Å². The van der Waals surface area contributed by atoms with Crippen molar-refractivity contribution in [1.29, 1.82) is 5.41 Å². The summed E-state index contributed by atoms with van der Waals surface area (Å²) in [7, 11) is 1.77. The summed E-state index contributed by atoms with van der Waals surface area (Å²) in [5.74, 6) is 3.62. The molecule has 0 fully saturated rings. The quantitative estimate of drug-likeness (QED) is 0.104. The van der Waals surface area contributed by atoms with Crippen molar-refractivity contribution in [2.45, 2.75) is 32.1 Å². The summed E-state index contributed by atoms with van der Waals surface area (Å²) < 4.78 is 13.5. The van der Waals surface area contributed by atoms with Gasteiger partial charge in [-0.3, -0.25) is 4.99 Å². The smallest absolute Gasteiger partial charge is 0.178 e. The maximum absolute atomic E-state index is 8.61. The van der Waals surface area contributed by atoms with Crippen LogP contribution in [-0.4, -0.2) is 24.3 Å². The highest BCUT2D eigenvalue weighted by molar-refractivity contribution is 6.20. The Morgan fingerprint density at radius 2 is 1.44 bits per heavy atom. The van der Waals surface area contributed by atoms with Gasteiger partial charge in [-0.15, -0.1) is 0 Å². The number of hydrogen-bond acceptors (Lipinski definition) is 4. The number of nitrogens with one attached hydrogen (secondary N) is 1. The molecule has 0 atom stereocenters. The number of para-hydroxylation sites is 1. The Kier molecular flexibility index (Phi) is 8.48. The van der Waals surface area contributed by atoms with Crippen molar-refractivity contribution >= 4 is 22.8 Å². The lowest BCUT2D eigenvalue weighted by atomic mass is 9.82. The van der Waals surface area contributed by atoms with Crippen LogP contribution in [0.3, 0.4) is 0 Å². The summed E-state index contributed by atoms with van der Waals surface area (Å²) in [6.07, 6.45) is 11.1. The van der Waals surface area contributed by atoms with Crippen molar-refractivity contribution in [1.82, 2.24) is 0 Å². The van der Waals surface area contributed by atoms with E-state index in [1.54, 1.807) is 25.3 Å². The molecule has 0 unspecified atom stereocenters. The van der Waals surface area contributed by atoms with Crippen LogP contribution < -0.4 is 9.47 Å². The SMILES string of the molecule is C=C/C=C\C(=N)c1cccc(C(=NC(=NC)c2ccccc2)C2=CC=C(c3cccc4c3Oc3ccc5c(c3O4)-c3ccccc3C5(C)C)CC2)c1. The number of aliphatic imine (C=N–C) groups is 2. The van der Waals surface area contributed by atoms with Crippen molar-refractivity contribution in [2.75, 3.05) is 7.05 Å². The van der Waals surface area contributed by atoms with E-state index in [-0.39, 0.29) is 5.41 Å². The molecule has 5 nitrogen and oxygen atoms in total. The Bertz CT molecular complexity index is 2420. The first kappa shape index (κ1) is 32.9. The van der Waals surface area contributed by atoms with E-state index in [1.807, 2.05) is 60.7 Å². The van der Waals surface area contributed by atoms with Crippen LogP contribution in [0.2, 0.25) is 0 Å². The first-order chi connectivity index (χ1) is 25.4. The first-order valence-corrected chi connectivity index (χ1v) is 17.6. The van der Waals surface area contributed by atoms with Gasteiger partial charge < -0.3 is 14.9 Å². The monoisotopic (exact) mass is 677 g/mol. The molecule has 254 valence electrons. The van der Waals surface area contributed by atoms with Gasteiger partial charge in [0.05, 0.1) is 11.4 Å². The fraction of sp³-hybridized carbons (Fsp3) is 0.128. The van der Waals surface area contributed by atoms with Gasteiger partial charge in [-0.1, -0.05) is 136 Å². The molecule has 0 aromatic heterocycles. The van der Waals surface area contributed by atoms with Gasteiger partial charge in [-0.2, -0.15) is 0 Å². The maximum Gasteiger partial charge on any atom is 0.178 e. The summed E-state index contributed by atoms with van der Waals surface area (Å²) in [5.41, 5.74) is 11.9. The van der Waals surface area contributed by atoms with Crippen LogP contribution in [0.4, 0.5) is 0 Å². The number of fused-ring (bicyclic) bond motifs is 6. The average Bonchev–Trinajstić information content (AvgIpc) is 3.43. The lowest BCUT2D eigenvalue weighted by Gasteiger charge is -2.27. The van der Waals surface area contributed by atoms with Crippen molar-refractivity contribution in [2.24, 2.45) is 9.98 Å². The van der Waals surface area contributed by atoms with Gasteiger partial charge >= 0.3 is 0 Å². The number of ether oxygens (including phenoxy) is 2. The molecule has 1 N–H and O–H groups in total. The number of allylic oxidation sites excluding steroid dienone is 7. The zero-order valence-corrected chi connectivity index (χ0v) is 29.6. The number of amidine groups is 1. The molecule has 1 aliphatic heterocycles. The molecule has 5 aromatic rings. The third kappa shape index (κ3) is 5.74. The Hall–Kier alpha value is -6.33. The molecule has 2 aliphatic carbocycles. The fourth-order valence-electron chi connectivity index (χ4n) is 7.51. The highest BCUT2D eigenvalue weighted by atomic mass is 16.6. The molecule has 8 rings (SSSR count). The molecule has 0 saturated carbocycles. The van der Waals surface area contributed by atoms with Crippen LogP contribution in [0.5, 0.6) is 23.0 Å². The van der Waals surface area contributed by atoms with Crippen molar-refractivity contribution in [3.63, 3.8) is 0 Å². The van der Waals surface area contributed by atoms with E-state index in [0.717, 1.165) is 80.5 Å². The standard InChI is InChI=1S/C47H39N3O2/c1-5-6-21-39(48)33-16-12-17-34(29-33)43(50-46(49-4)32-14-8-7-9-15-32)31-25-23-30(24-26-31)35-19-13-22-40-44(35)51-41-28-27-38-42(45(41)52-40)36-18-10-11-20-37(36)47(38,2)3/h5-23,25,27-29,48H,1,24,26H2,2-4H3/b21-6-,48-39?,49-46?,50-43?. The second-order valence-corrected chi connectivity index (χ2v) is 13.7. The summed E-state index contributed by atoms with van der Waals surface area (Å²) in [4.78, 5) is 9.77. The Labute approximate surface area is 305 Å². The highest BCUT2D eigenvalue weighted by Gasteiger charge is 2.39. The molecule has 5 heteroatoms. The molecule has 0 bridgehead atoms. The zero-order valence-electron chi connectivity index (χ0n) is 29.6. The van der Waals surface area contributed by atoms with Gasteiger partial charge in [-0.25, -0.2) is 4.99 Å². The second kappa shape index (κ2) is 13.4. The molecule has 3 aliphatic rings. The van der Waals surface area contributed by atoms with Crippen LogP contribution >= 0.6 is 0 Å². The van der Waals surface area contributed by atoms with E-state index in [2.05, 4.69) is 86.1 Å². The number of hydrogen-bond donors (Lipinski definition) is 1. The highest BCUT2D eigenvalue weighted by Crippen LogP contribution is 2.59. The van der Waals surface area contributed by atoms with E-state index in [1.165, 1.54) is 16.7 Å². The second-order valence-electron chi connectivity index (χ2n) is 13.7. The minimum absolute atomic E-state index is 0.123. The van der Waals surface area contributed by atoms with Crippen LogP contribution in [0.25, 0.3) is 16.7 Å². The van der Waals surface area contributed by atoms with Crippen LogP contribution in [-0.2, 0) is 5.41 Å². The zero-order chi connectivity index (χ0) is 35.8. The van der Waals surface area contributed by atoms with Gasteiger partial charge in [0.25, 0.3) is 0 Å². The minimum atomic E-state index is -0.123. The lowest BCUT2D eigenvalue weighted by molar-refractivity contribution is 0.359. The van der Waals surface area contributed by atoms with E-state index >= 15 is 0 Å². The van der Waals surface area contributed by atoms with Crippen LogP contribution in [0, 0.1) is 5.41 Å². The van der Waals surface area contributed by atoms with Gasteiger partial charge in [0.2, 0.25) is 0 Å². The summed E-state index contributed by atoms with van der Waals surface area (Å²) >= 11 is 0. The molecular formula is C47H39N3O2. The normalized spacial score (nSPS) is 15.7. The first-order valence-electron chi connectivity index (χ1n) is 17.6. The van der Waals surface area contributed by atoms with Crippen molar-refractivity contribution in [3.05, 3.63) is 185 Å². The molecular weight excluding hydrogens is 639 g/mol. The third-order valence-corrected chi connectivity index (χ3v) is 10.2. The number of benzene rings is 5. The van der Waals surface area contributed by atoms with E-state index in [0.29, 0.717) is 11.5 Å². The fourth-order valence-corrected chi connectivity index (χ4v) is 7.51.